The number of carbonyl (C=O) groups is 1. The zero-order chi connectivity index (χ0) is 27.2. The van der Waals surface area contributed by atoms with Crippen LogP contribution in [0, 0.1) is 24.8 Å². The van der Waals surface area contributed by atoms with Gasteiger partial charge in [-0.25, -0.2) is 0 Å². The monoisotopic (exact) mass is 719 g/mol. The van der Waals surface area contributed by atoms with Crippen molar-refractivity contribution in [1.29, 1.82) is 0 Å². The summed E-state index contributed by atoms with van der Waals surface area (Å²) in [5, 5.41) is 15.3. The molecule has 1 N–H and O–H groups in total. The summed E-state index contributed by atoms with van der Waals surface area (Å²) in [6.07, 6.45) is 6.78. The van der Waals surface area contributed by atoms with Crippen LogP contribution >= 0.6 is 11.3 Å². The summed E-state index contributed by atoms with van der Waals surface area (Å²) in [6, 6.07) is 17.8. The molecule has 5 rings (SSSR count). The Balaban J connectivity index is 0.000000233. The molecule has 0 aliphatic heterocycles. The molecular weight excluding hydrogens is 683 g/mol. The van der Waals surface area contributed by atoms with Crippen molar-refractivity contribution in [2.24, 2.45) is 11.8 Å². The van der Waals surface area contributed by atoms with Gasteiger partial charge in [0.1, 0.15) is 5.58 Å². The van der Waals surface area contributed by atoms with Crippen LogP contribution in [0.2, 0.25) is 0 Å². The standard InChI is InChI=1S/C20H12NOS.C13H24O2.Ir/c1-12-5-7-17(21-11-12)15-4-2-3-13-14-6-8-18-16(9-10-23-18)20(14)22-19(13)15;1-5-10(6-2)12(14)9-13(15)11(7-3)8-4;/h2-3,5-11H,1H3;9-11,14H,5-8H2,1-4H3;/q-1;;/b;12-9-;. The van der Waals surface area contributed by atoms with Gasteiger partial charge in [-0.2, -0.15) is 0 Å². The summed E-state index contributed by atoms with van der Waals surface area (Å²) < 4.78 is 7.52. The Hall–Kier alpha value is -2.79. The molecule has 0 unspecified atom stereocenters. The number of hydrogen-bond acceptors (Lipinski definition) is 5. The number of rotatable bonds is 8. The third-order valence-corrected chi connectivity index (χ3v) is 8.16. The number of benzene rings is 2. The summed E-state index contributed by atoms with van der Waals surface area (Å²) in [7, 11) is 0. The summed E-state index contributed by atoms with van der Waals surface area (Å²) >= 11 is 1.73. The first-order valence-corrected chi connectivity index (χ1v) is 14.4. The fourth-order valence-corrected chi connectivity index (χ4v) is 5.61. The van der Waals surface area contributed by atoms with Gasteiger partial charge in [0, 0.05) is 59.7 Å². The molecule has 0 saturated carbocycles. The molecule has 4 nitrogen and oxygen atoms in total. The number of carbonyl (C=O) groups excluding carboxylic acids is 1. The van der Waals surface area contributed by atoms with Crippen molar-refractivity contribution in [3.63, 3.8) is 0 Å². The van der Waals surface area contributed by atoms with E-state index in [9.17, 15) is 9.90 Å². The minimum Gasteiger partial charge on any atom is -0.512 e. The minimum absolute atomic E-state index is 0. The number of allylic oxidation sites excluding steroid dienone is 2. The van der Waals surface area contributed by atoms with Gasteiger partial charge in [0.2, 0.25) is 0 Å². The number of aromatic nitrogens is 1. The van der Waals surface area contributed by atoms with Gasteiger partial charge in [0.25, 0.3) is 0 Å². The van der Waals surface area contributed by atoms with E-state index >= 15 is 0 Å². The van der Waals surface area contributed by atoms with Crippen molar-refractivity contribution in [3.05, 3.63) is 77.5 Å². The molecule has 207 valence electrons. The second-order valence-corrected chi connectivity index (χ2v) is 10.6. The first kappa shape index (κ1) is 30.7. The molecule has 39 heavy (non-hydrogen) atoms. The minimum atomic E-state index is 0. The quantitative estimate of drug-likeness (QED) is 0.0986. The summed E-state index contributed by atoms with van der Waals surface area (Å²) in [6.45, 7) is 10.1. The molecule has 0 aliphatic carbocycles. The SMILES string of the molecule is CCC(CC)C(=O)/C=C(\O)C(CC)CC.Cc1ccc(-c2[c-]ccc3c2oc2c4ccsc4ccc32)nc1.[Ir]. The Morgan fingerprint density at radius 3 is 2.28 bits per heavy atom. The van der Waals surface area contributed by atoms with E-state index in [0.717, 1.165) is 64.4 Å². The van der Waals surface area contributed by atoms with E-state index in [1.54, 1.807) is 11.3 Å². The summed E-state index contributed by atoms with van der Waals surface area (Å²) in [5.41, 5.74) is 4.76. The third-order valence-electron chi connectivity index (χ3n) is 7.28. The first-order chi connectivity index (χ1) is 18.4. The number of thiophene rings is 1. The van der Waals surface area contributed by atoms with E-state index in [1.165, 1.54) is 16.2 Å². The largest absolute Gasteiger partial charge is 0.512 e. The Morgan fingerprint density at radius 2 is 1.64 bits per heavy atom. The van der Waals surface area contributed by atoms with Crippen LogP contribution in [0.15, 0.2) is 70.3 Å². The molecule has 5 aromatic rings. The van der Waals surface area contributed by atoms with Gasteiger partial charge in [-0.3, -0.25) is 4.79 Å². The van der Waals surface area contributed by atoms with Gasteiger partial charge < -0.3 is 14.5 Å². The maximum atomic E-state index is 11.7. The molecule has 0 amide bonds. The molecule has 0 bridgehead atoms. The molecule has 0 spiro atoms. The summed E-state index contributed by atoms with van der Waals surface area (Å²) in [5.74, 6) is 0.547. The molecule has 6 heteroatoms. The van der Waals surface area contributed by atoms with Crippen LogP contribution < -0.4 is 0 Å². The van der Waals surface area contributed by atoms with E-state index in [-0.39, 0.29) is 43.5 Å². The molecule has 0 saturated heterocycles. The van der Waals surface area contributed by atoms with Gasteiger partial charge in [0.15, 0.2) is 5.78 Å². The summed E-state index contributed by atoms with van der Waals surface area (Å²) in [4.78, 5) is 16.2. The van der Waals surface area contributed by atoms with E-state index in [0.29, 0.717) is 0 Å². The zero-order valence-corrected chi connectivity index (χ0v) is 26.4. The van der Waals surface area contributed by atoms with Gasteiger partial charge in [0.05, 0.1) is 11.3 Å². The number of furan rings is 1. The van der Waals surface area contributed by atoms with Crippen LogP contribution in [0.3, 0.4) is 0 Å². The Bertz CT molecular complexity index is 1560. The van der Waals surface area contributed by atoms with E-state index < -0.39 is 0 Å². The van der Waals surface area contributed by atoms with Crippen LogP contribution in [0.4, 0.5) is 0 Å². The maximum absolute atomic E-state index is 11.7. The number of aryl methyl sites for hydroxylation is 1. The molecule has 0 atom stereocenters. The average molecular weight is 719 g/mol. The number of hydrogen-bond donors (Lipinski definition) is 1. The van der Waals surface area contributed by atoms with Gasteiger partial charge in [-0.15, -0.1) is 29.5 Å². The zero-order valence-electron chi connectivity index (χ0n) is 23.2. The van der Waals surface area contributed by atoms with Crippen molar-refractivity contribution in [2.75, 3.05) is 0 Å². The van der Waals surface area contributed by atoms with Crippen molar-refractivity contribution >= 4 is 49.1 Å². The number of fused-ring (bicyclic) bond motifs is 5. The van der Waals surface area contributed by atoms with Crippen molar-refractivity contribution in [3.8, 4) is 11.3 Å². The Labute approximate surface area is 248 Å². The molecule has 1 radical (unpaired) electrons. The van der Waals surface area contributed by atoms with Crippen molar-refractivity contribution in [1.82, 2.24) is 4.98 Å². The van der Waals surface area contributed by atoms with Crippen LogP contribution in [-0.2, 0) is 24.9 Å². The van der Waals surface area contributed by atoms with Crippen molar-refractivity contribution in [2.45, 2.75) is 60.3 Å². The van der Waals surface area contributed by atoms with Gasteiger partial charge in [-0.05, 0) is 61.4 Å². The number of aliphatic hydroxyl groups excluding tert-OH is 1. The fraction of sp³-hybridized carbons (Fsp3) is 0.333. The van der Waals surface area contributed by atoms with Crippen LogP contribution in [0.5, 0.6) is 0 Å². The number of ketones is 1. The third kappa shape index (κ3) is 6.69. The number of aliphatic hydroxyl groups is 1. The van der Waals surface area contributed by atoms with E-state index in [1.807, 2.05) is 52.9 Å². The van der Waals surface area contributed by atoms with E-state index in [4.69, 9.17) is 4.42 Å². The second-order valence-electron chi connectivity index (χ2n) is 9.69. The van der Waals surface area contributed by atoms with E-state index in [2.05, 4.69) is 46.8 Å². The van der Waals surface area contributed by atoms with Crippen LogP contribution in [0.1, 0.15) is 58.9 Å². The maximum Gasteiger partial charge on any atom is 0.162 e. The van der Waals surface area contributed by atoms with Gasteiger partial charge in [-0.1, -0.05) is 56.8 Å². The van der Waals surface area contributed by atoms with Crippen molar-refractivity contribution < 1.29 is 34.4 Å². The molecule has 3 aromatic heterocycles. The molecule has 3 heterocycles. The molecular formula is C33H36IrNO3S-. The van der Waals surface area contributed by atoms with Crippen LogP contribution in [-0.4, -0.2) is 15.9 Å². The Morgan fingerprint density at radius 1 is 0.949 bits per heavy atom. The topological polar surface area (TPSA) is 63.3 Å². The second kappa shape index (κ2) is 14.0. The molecule has 2 aromatic carbocycles. The Kier molecular flexibility index (Phi) is 11.1. The first-order valence-electron chi connectivity index (χ1n) is 13.5. The predicted molar refractivity (Wildman–Crippen MR) is 160 cm³/mol. The molecule has 0 fully saturated rings. The number of nitrogens with zero attached hydrogens (tertiary/aromatic N) is 1. The smallest absolute Gasteiger partial charge is 0.162 e. The predicted octanol–water partition coefficient (Wildman–Crippen LogP) is 9.84. The molecule has 0 aliphatic rings. The number of pyridine rings is 1. The fourth-order valence-electron chi connectivity index (χ4n) is 4.83. The normalized spacial score (nSPS) is 11.7. The van der Waals surface area contributed by atoms with Crippen LogP contribution in [0.25, 0.3) is 43.3 Å². The average Bonchev–Trinajstić information content (AvgIpc) is 3.55. The van der Waals surface area contributed by atoms with Gasteiger partial charge >= 0.3 is 0 Å².